The number of nitrogens with one attached hydrogen (secondary N) is 1. The Morgan fingerprint density at radius 2 is 2.08 bits per heavy atom. The molecule has 1 aliphatic rings. The number of nitrogens with zero attached hydrogens (tertiary/aromatic N) is 2. The molecule has 1 fully saturated rings. The molecule has 2 aromatic heterocycles. The molecule has 6 nitrogen and oxygen atoms in total. The molecule has 0 spiro atoms. The zero-order valence-electron chi connectivity index (χ0n) is 14.4. The van der Waals surface area contributed by atoms with Gasteiger partial charge in [-0.1, -0.05) is 36.4 Å². The topological polar surface area (TPSA) is 64.9 Å². The number of pyridine rings is 1. The van der Waals surface area contributed by atoms with Crippen molar-refractivity contribution in [3.8, 4) is 0 Å². The van der Waals surface area contributed by atoms with Crippen molar-refractivity contribution in [2.24, 2.45) is 0 Å². The Hall–Kier alpha value is -2.70. The first-order valence-electron chi connectivity index (χ1n) is 8.77. The molecule has 1 N–H and O–H groups in total. The van der Waals surface area contributed by atoms with Gasteiger partial charge < -0.3 is 19.2 Å². The molecule has 0 saturated carbocycles. The minimum Gasteiger partial charge on any atom is -0.379 e. The zero-order valence-corrected chi connectivity index (χ0v) is 14.4. The summed E-state index contributed by atoms with van der Waals surface area (Å²) in [7, 11) is 0. The molecule has 6 heteroatoms. The first-order chi connectivity index (χ1) is 12.8. The van der Waals surface area contributed by atoms with E-state index >= 15 is 0 Å². The van der Waals surface area contributed by atoms with Crippen LogP contribution in [-0.4, -0.2) is 40.7 Å². The molecule has 0 unspecified atom stereocenters. The predicted octanol–water partition coefficient (Wildman–Crippen LogP) is 2.44. The van der Waals surface area contributed by atoms with Crippen molar-refractivity contribution < 1.29 is 14.3 Å². The Morgan fingerprint density at radius 3 is 2.92 bits per heavy atom. The van der Waals surface area contributed by atoms with Crippen LogP contribution in [0, 0.1) is 0 Å². The van der Waals surface area contributed by atoms with Crippen LogP contribution in [0.15, 0.2) is 60.9 Å². The number of carbonyl (C=O) groups is 1. The molecular weight excluding hydrogens is 330 g/mol. The van der Waals surface area contributed by atoms with E-state index < -0.39 is 0 Å². The number of hydrogen-bond donors (Lipinski definition) is 1. The smallest absolute Gasteiger partial charge is 0.271 e. The second kappa shape index (κ2) is 7.68. The third-order valence-corrected chi connectivity index (χ3v) is 4.51. The van der Waals surface area contributed by atoms with Crippen molar-refractivity contribution in [1.82, 2.24) is 14.7 Å². The number of ether oxygens (including phenoxy) is 2. The number of carbonyl (C=O) groups excluding carboxylic acids is 1. The molecule has 0 bridgehead atoms. The number of imidazole rings is 1. The van der Waals surface area contributed by atoms with Gasteiger partial charge in [-0.05, 0) is 24.1 Å². The Balaban J connectivity index is 1.41. The van der Waals surface area contributed by atoms with Crippen LogP contribution < -0.4 is 5.32 Å². The normalized spacial score (nSPS) is 20.2. The van der Waals surface area contributed by atoms with Gasteiger partial charge in [-0.25, -0.2) is 4.98 Å². The van der Waals surface area contributed by atoms with Crippen LogP contribution in [0.5, 0.6) is 0 Å². The summed E-state index contributed by atoms with van der Waals surface area (Å²) >= 11 is 0. The molecule has 1 amide bonds. The second-order valence-electron chi connectivity index (χ2n) is 6.37. The Bertz CT molecular complexity index is 845. The van der Waals surface area contributed by atoms with Crippen LogP contribution in [0.3, 0.4) is 0 Å². The molecule has 1 aromatic carbocycles. The summed E-state index contributed by atoms with van der Waals surface area (Å²) in [6.45, 7) is 1.60. The van der Waals surface area contributed by atoms with E-state index in [4.69, 9.17) is 9.47 Å². The minimum atomic E-state index is -0.211. The summed E-state index contributed by atoms with van der Waals surface area (Å²) in [6, 6.07) is 15.5. The van der Waals surface area contributed by atoms with E-state index in [0.29, 0.717) is 25.5 Å². The van der Waals surface area contributed by atoms with Crippen LogP contribution in [0.4, 0.5) is 0 Å². The average molecular weight is 351 g/mol. The second-order valence-corrected chi connectivity index (χ2v) is 6.37. The van der Waals surface area contributed by atoms with Gasteiger partial charge in [-0.2, -0.15) is 0 Å². The SMILES string of the molecule is O=C(N[C@@H]1COCC[C@@H]1OCc1ccccc1)c1cn2ccccc2n1. The van der Waals surface area contributed by atoms with Gasteiger partial charge in [-0.3, -0.25) is 4.79 Å². The lowest BCUT2D eigenvalue weighted by Crippen LogP contribution is -2.50. The maximum atomic E-state index is 12.6. The van der Waals surface area contributed by atoms with Gasteiger partial charge in [-0.15, -0.1) is 0 Å². The minimum absolute atomic E-state index is 0.0788. The fraction of sp³-hybridized carbons (Fsp3) is 0.300. The standard InChI is InChI=1S/C20H21N3O3/c24-20(16-12-23-10-5-4-8-19(23)21-16)22-17-14-25-11-9-18(17)26-13-15-6-2-1-3-7-15/h1-8,10,12,17-18H,9,11,13-14H2,(H,22,24)/t17-,18+/m1/s1. The van der Waals surface area contributed by atoms with E-state index in [2.05, 4.69) is 10.3 Å². The molecule has 0 aliphatic carbocycles. The summed E-state index contributed by atoms with van der Waals surface area (Å²) in [5.41, 5.74) is 2.25. The lowest BCUT2D eigenvalue weighted by atomic mass is 10.1. The Kier molecular flexibility index (Phi) is 4.95. The van der Waals surface area contributed by atoms with E-state index in [0.717, 1.165) is 17.6 Å². The third-order valence-electron chi connectivity index (χ3n) is 4.51. The maximum Gasteiger partial charge on any atom is 0.271 e. The first-order valence-corrected chi connectivity index (χ1v) is 8.77. The Morgan fingerprint density at radius 1 is 1.23 bits per heavy atom. The fourth-order valence-corrected chi connectivity index (χ4v) is 3.12. The van der Waals surface area contributed by atoms with Crippen LogP contribution in [0.2, 0.25) is 0 Å². The van der Waals surface area contributed by atoms with Crippen LogP contribution >= 0.6 is 0 Å². The highest BCUT2D eigenvalue weighted by Gasteiger charge is 2.29. The van der Waals surface area contributed by atoms with Crippen molar-refractivity contribution in [3.63, 3.8) is 0 Å². The molecule has 1 saturated heterocycles. The van der Waals surface area contributed by atoms with Gasteiger partial charge in [0.15, 0.2) is 0 Å². The maximum absolute atomic E-state index is 12.6. The van der Waals surface area contributed by atoms with Crippen LogP contribution in [0.1, 0.15) is 22.5 Å². The van der Waals surface area contributed by atoms with Gasteiger partial charge in [0.25, 0.3) is 5.91 Å². The summed E-state index contributed by atoms with van der Waals surface area (Å²) in [5.74, 6) is -0.211. The summed E-state index contributed by atoms with van der Waals surface area (Å²) in [4.78, 5) is 17.0. The van der Waals surface area contributed by atoms with Gasteiger partial charge in [0.2, 0.25) is 0 Å². The summed E-state index contributed by atoms with van der Waals surface area (Å²) in [6.07, 6.45) is 4.27. The van der Waals surface area contributed by atoms with E-state index in [9.17, 15) is 4.79 Å². The molecule has 3 heterocycles. The van der Waals surface area contributed by atoms with Crippen molar-refractivity contribution in [1.29, 1.82) is 0 Å². The predicted molar refractivity (Wildman–Crippen MR) is 96.9 cm³/mol. The lowest BCUT2D eigenvalue weighted by molar-refractivity contribution is -0.0605. The number of fused-ring (bicyclic) bond motifs is 1. The monoisotopic (exact) mass is 351 g/mol. The van der Waals surface area contributed by atoms with E-state index in [1.54, 1.807) is 6.20 Å². The van der Waals surface area contributed by atoms with Crippen LogP contribution in [-0.2, 0) is 16.1 Å². The molecule has 26 heavy (non-hydrogen) atoms. The number of rotatable bonds is 5. The molecule has 2 atom stereocenters. The molecule has 3 aromatic rings. The number of amides is 1. The van der Waals surface area contributed by atoms with E-state index in [1.807, 2.05) is 59.1 Å². The number of aromatic nitrogens is 2. The van der Waals surface area contributed by atoms with Crippen molar-refractivity contribution >= 4 is 11.6 Å². The zero-order chi connectivity index (χ0) is 17.8. The molecule has 134 valence electrons. The highest BCUT2D eigenvalue weighted by atomic mass is 16.5. The molecule has 0 radical (unpaired) electrons. The highest BCUT2D eigenvalue weighted by Crippen LogP contribution is 2.15. The van der Waals surface area contributed by atoms with E-state index in [1.165, 1.54) is 0 Å². The fourth-order valence-electron chi connectivity index (χ4n) is 3.12. The number of benzene rings is 1. The van der Waals surface area contributed by atoms with Crippen molar-refractivity contribution in [2.75, 3.05) is 13.2 Å². The highest BCUT2D eigenvalue weighted by molar-refractivity contribution is 5.93. The van der Waals surface area contributed by atoms with Gasteiger partial charge in [0, 0.05) is 19.0 Å². The molecular formula is C20H21N3O3. The van der Waals surface area contributed by atoms with Gasteiger partial charge in [0.1, 0.15) is 11.3 Å². The van der Waals surface area contributed by atoms with Crippen LogP contribution in [0.25, 0.3) is 5.65 Å². The summed E-state index contributed by atoms with van der Waals surface area (Å²) < 4.78 is 13.4. The van der Waals surface area contributed by atoms with Crippen molar-refractivity contribution in [2.45, 2.75) is 25.2 Å². The first kappa shape index (κ1) is 16.8. The van der Waals surface area contributed by atoms with E-state index in [-0.39, 0.29) is 18.1 Å². The molecule has 1 aliphatic heterocycles. The Labute approximate surface area is 151 Å². The largest absolute Gasteiger partial charge is 0.379 e. The lowest BCUT2D eigenvalue weighted by Gasteiger charge is -2.32. The summed E-state index contributed by atoms with van der Waals surface area (Å²) in [5, 5.41) is 3.02. The van der Waals surface area contributed by atoms with Gasteiger partial charge >= 0.3 is 0 Å². The van der Waals surface area contributed by atoms with Crippen molar-refractivity contribution in [3.05, 3.63) is 72.2 Å². The number of hydrogen-bond acceptors (Lipinski definition) is 4. The molecule has 4 rings (SSSR count). The third kappa shape index (κ3) is 3.76. The quantitative estimate of drug-likeness (QED) is 0.767. The average Bonchev–Trinajstić information content (AvgIpc) is 3.12. The van der Waals surface area contributed by atoms with Gasteiger partial charge in [0.05, 0.1) is 25.4 Å².